The van der Waals surface area contributed by atoms with Gasteiger partial charge < -0.3 is 9.64 Å². The first-order valence-electron chi connectivity index (χ1n) is 7.39. The van der Waals surface area contributed by atoms with Crippen LogP contribution in [0.2, 0.25) is 0 Å². The molecular formula is C14H23N3OS. The second-order valence-corrected chi connectivity index (χ2v) is 6.57. The molecule has 1 aromatic rings. The summed E-state index contributed by atoms with van der Waals surface area (Å²) in [6.07, 6.45) is 7.68. The van der Waals surface area contributed by atoms with E-state index in [-0.39, 0.29) is 0 Å². The van der Waals surface area contributed by atoms with Gasteiger partial charge in [0.1, 0.15) is 5.82 Å². The highest BCUT2D eigenvalue weighted by Crippen LogP contribution is 2.42. The summed E-state index contributed by atoms with van der Waals surface area (Å²) in [6, 6.07) is 1.34. The van der Waals surface area contributed by atoms with Gasteiger partial charge >= 0.3 is 0 Å². The minimum Gasteiger partial charge on any atom is -0.384 e. The lowest BCUT2D eigenvalue weighted by molar-refractivity contribution is 0.201. The molecule has 1 aliphatic carbocycles. The van der Waals surface area contributed by atoms with Gasteiger partial charge in [-0.05, 0) is 32.1 Å². The van der Waals surface area contributed by atoms with Gasteiger partial charge in [-0.3, -0.25) is 0 Å². The summed E-state index contributed by atoms with van der Waals surface area (Å²) >= 11 is 1.57. The predicted octanol–water partition coefficient (Wildman–Crippen LogP) is 2.88. The molecule has 4 nitrogen and oxygen atoms in total. The summed E-state index contributed by atoms with van der Waals surface area (Å²) in [4.78, 5) is 7.28. The van der Waals surface area contributed by atoms with Crippen molar-refractivity contribution in [3.8, 4) is 0 Å². The van der Waals surface area contributed by atoms with Gasteiger partial charge in [0.05, 0.1) is 6.61 Å². The third-order valence-electron chi connectivity index (χ3n) is 4.55. The molecule has 3 unspecified atom stereocenters. The number of methoxy groups -OCH3 is 1. The van der Waals surface area contributed by atoms with Gasteiger partial charge in [-0.15, -0.1) is 0 Å². The zero-order chi connectivity index (χ0) is 13.2. The molecule has 0 bridgehead atoms. The fourth-order valence-corrected chi connectivity index (χ4v) is 4.56. The Morgan fingerprint density at radius 1 is 1.37 bits per heavy atom. The molecule has 3 rings (SSSR count). The smallest absolute Gasteiger partial charge is 0.205 e. The second-order valence-electron chi connectivity index (χ2n) is 5.84. The Morgan fingerprint density at radius 2 is 2.21 bits per heavy atom. The maximum absolute atomic E-state index is 5.10. The van der Waals surface area contributed by atoms with E-state index in [0.29, 0.717) is 18.7 Å². The van der Waals surface area contributed by atoms with Crippen LogP contribution in [0, 0.1) is 5.92 Å². The minimum atomic E-state index is 0.622. The number of anilines is 1. The molecule has 5 heteroatoms. The van der Waals surface area contributed by atoms with Crippen LogP contribution in [0.4, 0.5) is 5.13 Å². The quantitative estimate of drug-likeness (QED) is 0.850. The Hall–Kier alpha value is -0.680. The SMILES string of the molecule is COCCc1nsc(N2C(C)CC3CCCCC32)n1. The first-order valence-corrected chi connectivity index (χ1v) is 8.17. The normalized spacial score (nSPS) is 30.6. The molecule has 1 aliphatic heterocycles. The molecule has 0 aromatic carbocycles. The van der Waals surface area contributed by atoms with Gasteiger partial charge in [0, 0.05) is 37.1 Å². The lowest BCUT2D eigenvalue weighted by Gasteiger charge is -2.32. The molecule has 1 saturated heterocycles. The Bertz CT molecular complexity index is 423. The number of rotatable bonds is 4. The van der Waals surface area contributed by atoms with Crippen molar-refractivity contribution in [2.24, 2.45) is 5.92 Å². The van der Waals surface area contributed by atoms with E-state index in [1.54, 1.807) is 18.6 Å². The highest BCUT2D eigenvalue weighted by molar-refractivity contribution is 7.09. The van der Waals surface area contributed by atoms with Crippen molar-refractivity contribution in [3.63, 3.8) is 0 Å². The molecule has 0 radical (unpaired) electrons. The van der Waals surface area contributed by atoms with Crippen LogP contribution >= 0.6 is 11.5 Å². The molecule has 2 aliphatic rings. The summed E-state index contributed by atoms with van der Waals surface area (Å²) in [7, 11) is 1.72. The van der Waals surface area contributed by atoms with E-state index in [0.717, 1.165) is 23.3 Å². The van der Waals surface area contributed by atoms with Crippen LogP contribution < -0.4 is 4.90 Å². The molecule has 1 aromatic heterocycles. The zero-order valence-electron chi connectivity index (χ0n) is 11.8. The van der Waals surface area contributed by atoms with Gasteiger partial charge in [-0.25, -0.2) is 4.98 Å². The van der Waals surface area contributed by atoms with E-state index in [4.69, 9.17) is 9.72 Å². The summed E-state index contributed by atoms with van der Waals surface area (Å²) in [5.74, 6) is 1.82. The van der Waals surface area contributed by atoms with Gasteiger partial charge in [-0.1, -0.05) is 12.8 Å². The van der Waals surface area contributed by atoms with Crippen molar-refractivity contribution in [2.45, 2.75) is 57.5 Å². The average Bonchev–Trinajstić information content (AvgIpc) is 2.99. The predicted molar refractivity (Wildman–Crippen MR) is 77.8 cm³/mol. The van der Waals surface area contributed by atoms with E-state index < -0.39 is 0 Å². The molecule has 2 fully saturated rings. The van der Waals surface area contributed by atoms with Crippen molar-refractivity contribution >= 4 is 16.7 Å². The number of fused-ring (bicyclic) bond motifs is 1. The first-order chi connectivity index (χ1) is 9.29. The summed E-state index contributed by atoms with van der Waals surface area (Å²) in [6.45, 7) is 3.05. The first kappa shape index (κ1) is 13.3. The summed E-state index contributed by atoms with van der Waals surface area (Å²) in [5, 5.41) is 1.13. The third-order valence-corrected chi connectivity index (χ3v) is 5.32. The second kappa shape index (κ2) is 5.75. The van der Waals surface area contributed by atoms with Crippen molar-refractivity contribution in [1.29, 1.82) is 0 Å². The molecule has 106 valence electrons. The number of hydrogen-bond acceptors (Lipinski definition) is 5. The zero-order valence-corrected chi connectivity index (χ0v) is 12.7. The van der Waals surface area contributed by atoms with Gasteiger partial charge in [0.15, 0.2) is 0 Å². The van der Waals surface area contributed by atoms with Crippen LogP contribution in [-0.4, -0.2) is 35.2 Å². The molecule has 0 spiro atoms. The minimum absolute atomic E-state index is 0.622. The van der Waals surface area contributed by atoms with E-state index in [9.17, 15) is 0 Å². The fourth-order valence-electron chi connectivity index (χ4n) is 3.68. The highest BCUT2D eigenvalue weighted by Gasteiger charge is 2.41. The number of hydrogen-bond donors (Lipinski definition) is 0. The summed E-state index contributed by atoms with van der Waals surface area (Å²) < 4.78 is 9.58. The average molecular weight is 281 g/mol. The van der Waals surface area contributed by atoms with Crippen LogP contribution in [0.5, 0.6) is 0 Å². The maximum Gasteiger partial charge on any atom is 0.205 e. The van der Waals surface area contributed by atoms with Crippen LogP contribution in [0.25, 0.3) is 0 Å². The van der Waals surface area contributed by atoms with Crippen LogP contribution in [0.1, 0.15) is 44.9 Å². The van der Waals surface area contributed by atoms with Crippen LogP contribution in [-0.2, 0) is 11.2 Å². The molecule has 1 saturated carbocycles. The molecule has 19 heavy (non-hydrogen) atoms. The van der Waals surface area contributed by atoms with Gasteiger partial charge in [-0.2, -0.15) is 4.37 Å². The number of nitrogens with zero attached hydrogens (tertiary/aromatic N) is 3. The fraction of sp³-hybridized carbons (Fsp3) is 0.857. The van der Waals surface area contributed by atoms with Crippen molar-refractivity contribution in [3.05, 3.63) is 5.82 Å². The van der Waals surface area contributed by atoms with Crippen molar-refractivity contribution in [1.82, 2.24) is 9.36 Å². The highest BCUT2D eigenvalue weighted by atomic mass is 32.1. The van der Waals surface area contributed by atoms with E-state index in [2.05, 4.69) is 16.2 Å². The Balaban J connectivity index is 1.74. The van der Waals surface area contributed by atoms with Gasteiger partial charge in [0.2, 0.25) is 5.13 Å². The van der Waals surface area contributed by atoms with E-state index >= 15 is 0 Å². The number of ether oxygens (including phenoxy) is 1. The van der Waals surface area contributed by atoms with Crippen molar-refractivity contribution in [2.75, 3.05) is 18.6 Å². The lowest BCUT2D eigenvalue weighted by Crippen LogP contribution is -2.37. The van der Waals surface area contributed by atoms with Crippen molar-refractivity contribution < 1.29 is 4.74 Å². The third kappa shape index (κ3) is 2.63. The lowest BCUT2D eigenvalue weighted by atomic mass is 9.85. The topological polar surface area (TPSA) is 38.2 Å². The molecular weight excluding hydrogens is 258 g/mol. The Morgan fingerprint density at radius 3 is 3.05 bits per heavy atom. The Kier molecular flexibility index (Phi) is 4.03. The molecule has 0 N–H and O–H groups in total. The standard InChI is InChI=1S/C14H23N3OS/c1-10-9-11-5-3-4-6-12(11)17(10)14-15-13(16-19-14)7-8-18-2/h10-12H,3-9H2,1-2H3. The molecule has 2 heterocycles. The molecule has 3 atom stereocenters. The Labute approximate surface area is 119 Å². The van der Waals surface area contributed by atoms with Gasteiger partial charge in [0.25, 0.3) is 0 Å². The largest absolute Gasteiger partial charge is 0.384 e. The van der Waals surface area contributed by atoms with Crippen LogP contribution in [0.15, 0.2) is 0 Å². The monoisotopic (exact) mass is 281 g/mol. The summed E-state index contributed by atoms with van der Waals surface area (Å²) in [5.41, 5.74) is 0. The number of aromatic nitrogens is 2. The van der Waals surface area contributed by atoms with Crippen LogP contribution in [0.3, 0.4) is 0 Å². The van der Waals surface area contributed by atoms with E-state index in [1.165, 1.54) is 32.1 Å². The maximum atomic E-state index is 5.10. The van der Waals surface area contributed by atoms with E-state index in [1.807, 2.05) is 0 Å². The molecule has 0 amide bonds.